The summed E-state index contributed by atoms with van der Waals surface area (Å²) in [7, 11) is 0. The first-order valence-electron chi connectivity index (χ1n) is 13.8. The van der Waals surface area contributed by atoms with E-state index in [-0.39, 0.29) is 51.2 Å². The molecular formula is C32H34N2O7. The van der Waals surface area contributed by atoms with Crippen molar-refractivity contribution < 1.29 is 33.7 Å². The van der Waals surface area contributed by atoms with Crippen LogP contribution in [0.3, 0.4) is 0 Å². The van der Waals surface area contributed by atoms with Gasteiger partial charge in [-0.05, 0) is 34.7 Å². The van der Waals surface area contributed by atoms with Crippen LogP contribution in [-0.2, 0) is 30.4 Å². The number of fused-ring (bicyclic) bond motifs is 3. The van der Waals surface area contributed by atoms with E-state index in [1.165, 1.54) is 4.90 Å². The number of hydrogen-bond donors (Lipinski definition) is 2. The average Bonchev–Trinajstić information content (AvgIpc) is 3.31. The van der Waals surface area contributed by atoms with Crippen LogP contribution in [0.2, 0.25) is 0 Å². The number of ether oxygens (including phenoxy) is 3. The third kappa shape index (κ3) is 6.75. The lowest BCUT2D eigenvalue weighted by atomic mass is 9.98. The Kier molecular flexibility index (Phi) is 8.96. The predicted octanol–water partition coefficient (Wildman–Crippen LogP) is 4.20. The van der Waals surface area contributed by atoms with Gasteiger partial charge in [-0.2, -0.15) is 0 Å². The lowest BCUT2D eigenvalue weighted by molar-refractivity contribution is -0.150. The maximum Gasteiger partial charge on any atom is 0.407 e. The quantitative estimate of drug-likeness (QED) is 0.383. The summed E-state index contributed by atoms with van der Waals surface area (Å²) < 4.78 is 17.3. The molecule has 2 amide bonds. The van der Waals surface area contributed by atoms with Gasteiger partial charge < -0.3 is 29.5 Å². The number of carbonyl (C=O) groups is 3. The number of carbonyl (C=O) groups excluding carboxylic acids is 2. The van der Waals surface area contributed by atoms with Gasteiger partial charge in [-0.15, -0.1) is 0 Å². The van der Waals surface area contributed by atoms with Gasteiger partial charge in [0.2, 0.25) is 5.91 Å². The summed E-state index contributed by atoms with van der Waals surface area (Å²) in [5.74, 6) is -1.50. The minimum atomic E-state index is -1.04. The highest BCUT2D eigenvalue weighted by Crippen LogP contribution is 2.44. The van der Waals surface area contributed by atoms with Crippen LogP contribution in [-0.4, -0.2) is 72.5 Å². The van der Waals surface area contributed by atoms with Crippen LogP contribution < -0.4 is 5.32 Å². The van der Waals surface area contributed by atoms with Crippen molar-refractivity contribution in [3.05, 3.63) is 95.6 Å². The van der Waals surface area contributed by atoms with E-state index in [1.54, 1.807) is 6.92 Å². The van der Waals surface area contributed by atoms with E-state index < -0.39 is 30.3 Å². The molecule has 0 saturated carbocycles. The van der Waals surface area contributed by atoms with Crippen molar-refractivity contribution >= 4 is 18.0 Å². The molecule has 1 fully saturated rings. The minimum absolute atomic E-state index is 0.109. The van der Waals surface area contributed by atoms with Crippen LogP contribution in [0, 0.1) is 0 Å². The van der Waals surface area contributed by atoms with Gasteiger partial charge in [0.05, 0.1) is 31.8 Å². The Morgan fingerprint density at radius 3 is 2.27 bits per heavy atom. The van der Waals surface area contributed by atoms with E-state index in [4.69, 9.17) is 14.2 Å². The first kappa shape index (κ1) is 28.3. The topological polar surface area (TPSA) is 114 Å². The predicted molar refractivity (Wildman–Crippen MR) is 151 cm³/mol. The number of morpholine rings is 1. The molecule has 1 saturated heterocycles. The molecule has 9 heteroatoms. The molecule has 1 heterocycles. The maximum absolute atomic E-state index is 13.7. The highest BCUT2D eigenvalue weighted by atomic mass is 16.5. The second-order valence-electron chi connectivity index (χ2n) is 10.3. The number of nitrogens with zero attached hydrogens (tertiary/aromatic N) is 1. The summed E-state index contributed by atoms with van der Waals surface area (Å²) in [4.78, 5) is 39.6. The molecule has 1 aliphatic carbocycles. The van der Waals surface area contributed by atoms with E-state index in [9.17, 15) is 19.5 Å². The molecule has 1 aliphatic heterocycles. The number of carboxylic acid groups (broad SMARTS) is 1. The van der Waals surface area contributed by atoms with Crippen molar-refractivity contribution in [1.29, 1.82) is 0 Å². The zero-order valence-electron chi connectivity index (χ0n) is 22.9. The van der Waals surface area contributed by atoms with Gasteiger partial charge in [0.15, 0.2) is 0 Å². The van der Waals surface area contributed by atoms with Crippen molar-refractivity contribution in [2.45, 2.75) is 44.1 Å². The fourth-order valence-corrected chi connectivity index (χ4v) is 5.48. The van der Waals surface area contributed by atoms with Gasteiger partial charge in [0.25, 0.3) is 0 Å². The summed E-state index contributed by atoms with van der Waals surface area (Å²) in [5.41, 5.74) is 5.35. The summed E-state index contributed by atoms with van der Waals surface area (Å²) in [6.07, 6.45) is -2.26. The molecule has 0 aromatic heterocycles. The van der Waals surface area contributed by atoms with Crippen molar-refractivity contribution in [2.24, 2.45) is 0 Å². The molecule has 214 valence electrons. The zero-order chi connectivity index (χ0) is 28.8. The Balaban J connectivity index is 1.28. The Labute approximate surface area is 239 Å². The van der Waals surface area contributed by atoms with E-state index in [0.717, 1.165) is 27.8 Å². The average molecular weight is 559 g/mol. The fraction of sp³-hybridized carbons (Fsp3) is 0.344. The summed E-state index contributed by atoms with van der Waals surface area (Å²) in [6, 6.07) is 24.6. The number of nitrogens with one attached hydrogen (secondary N) is 1. The Morgan fingerprint density at radius 1 is 0.976 bits per heavy atom. The number of benzene rings is 3. The highest BCUT2D eigenvalue weighted by molar-refractivity contribution is 5.86. The molecule has 3 atom stereocenters. The fourth-order valence-electron chi connectivity index (χ4n) is 5.48. The van der Waals surface area contributed by atoms with Gasteiger partial charge in [0.1, 0.15) is 12.6 Å². The van der Waals surface area contributed by atoms with E-state index in [0.29, 0.717) is 0 Å². The Hall–Kier alpha value is -4.21. The minimum Gasteiger partial charge on any atom is -0.481 e. The molecule has 2 N–H and O–H groups in total. The second kappa shape index (κ2) is 13.0. The van der Waals surface area contributed by atoms with Crippen molar-refractivity contribution in [1.82, 2.24) is 10.2 Å². The number of carboxylic acids is 1. The van der Waals surface area contributed by atoms with Crippen LogP contribution in [0.1, 0.15) is 36.0 Å². The summed E-state index contributed by atoms with van der Waals surface area (Å²) in [6.45, 7) is 2.69. The van der Waals surface area contributed by atoms with Gasteiger partial charge in [0, 0.05) is 19.0 Å². The molecule has 1 unspecified atom stereocenters. The molecule has 0 bridgehead atoms. The van der Waals surface area contributed by atoms with Crippen LogP contribution in [0.5, 0.6) is 0 Å². The molecule has 41 heavy (non-hydrogen) atoms. The number of aliphatic carboxylic acids is 1. The molecule has 9 nitrogen and oxygen atoms in total. The molecule has 5 rings (SSSR count). The number of alkyl carbamates (subject to hydrolysis) is 1. The number of amides is 2. The molecule has 3 aromatic carbocycles. The van der Waals surface area contributed by atoms with Gasteiger partial charge in [-0.1, -0.05) is 78.9 Å². The Bertz CT molecular complexity index is 1330. The summed E-state index contributed by atoms with van der Waals surface area (Å²) in [5, 5.41) is 11.9. The maximum atomic E-state index is 13.7. The van der Waals surface area contributed by atoms with E-state index >= 15 is 0 Å². The number of hydrogen-bond acceptors (Lipinski definition) is 6. The third-order valence-electron chi connectivity index (χ3n) is 7.56. The molecule has 2 aliphatic rings. The van der Waals surface area contributed by atoms with E-state index in [2.05, 4.69) is 17.4 Å². The van der Waals surface area contributed by atoms with Gasteiger partial charge >= 0.3 is 12.1 Å². The highest BCUT2D eigenvalue weighted by Gasteiger charge is 2.36. The molecule has 0 radical (unpaired) electrons. The number of rotatable bonds is 10. The van der Waals surface area contributed by atoms with Crippen molar-refractivity contribution in [3.8, 4) is 11.1 Å². The molecule has 0 spiro atoms. The van der Waals surface area contributed by atoms with Crippen LogP contribution in [0.4, 0.5) is 4.79 Å². The van der Waals surface area contributed by atoms with Gasteiger partial charge in [-0.3, -0.25) is 9.59 Å². The first-order chi connectivity index (χ1) is 19.9. The van der Waals surface area contributed by atoms with E-state index in [1.807, 2.05) is 66.7 Å². The SMILES string of the molecule is C[C@H](OCc1ccccc1)[C@@H](NC(=O)OCC1c2ccccc2-c2ccccc21)C(=O)N1CCOC(CC(=O)O)C1. The monoisotopic (exact) mass is 558 g/mol. The Morgan fingerprint density at radius 2 is 1.61 bits per heavy atom. The van der Waals surface area contributed by atoms with Crippen molar-refractivity contribution in [3.63, 3.8) is 0 Å². The standard InChI is InChI=1S/C32H34N2O7/c1-21(40-19-22-9-3-2-4-10-22)30(31(37)34-15-16-39-23(18-34)17-29(35)36)33-32(38)41-20-28-26-13-7-5-11-24(26)25-12-6-8-14-27(25)28/h2-14,21,23,28,30H,15-20H2,1H3,(H,33,38)(H,35,36)/t21-,23?,30+/m0/s1. The zero-order valence-corrected chi connectivity index (χ0v) is 22.9. The normalized spacial score (nSPS) is 17.7. The lowest BCUT2D eigenvalue weighted by Crippen LogP contribution is -2.57. The van der Waals surface area contributed by atoms with Crippen LogP contribution in [0.15, 0.2) is 78.9 Å². The first-order valence-corrected chi connectivity index (χ1v) is 13.8. The smallest absolute Gasteiger partial charge is 0.407 e. The summed E-state index contributed by atoms with van der Waals surface area (Å²) >= 11 is 0. The van der Waals surface area contributed by atoms with Crippen molar-refractivity contribution in [2.75, 3.05) is 26.3 Å². The lowest BCUT2D eigenvalue weighted by Gasteiger charge is -2.36. The molecular weight excluding hydrogens is 524 g/mol. The molecule has 3 aromatic rings. The van der Waals surface area contributed by atoms with Gasteiger partial charge in [-0.25, -0.2) is 4.79 Å². The third-order valence-corrected chi connectivity index (χ3v) is 7.56. The van der Waals surface area contributed by atoms with Crippen LogP contribution in [0.25, 0.3) is 11.1 Å². The largest absolute Gasteiger partial charge is 0.481 e. The van der Waals surface area contributed by atoms with Crippen LogP contribution >= 0.6 is 0 Å². The second-order valence-corrected chi connectivity index (χ2v) is 10.3.